The fourth-order valence-corrected chi connectivity index (χ4v) is 4.12. The number of hydrogen-bond donors (Lipinski definition) is 0. The van der Waals surface area contributed by atoms with Crippen LogP contribution >= 0.6 is 0 Å². The van der Waals surface area contributed by atoms with E-state index in [0.29, 0.717) is 24.1 Å². The fourth-order valence-electron chi connectivity index (χ4n) is 4.12. The molecule has 2 heterocycles. The number of likely N-dealkylation sites (tertiary alicyclic amines) is 1. The van der Waals surface area contributed by atoms with Crippen molar-refractivity contribution >= 4 is 5.91 Å². The third kappa shape index (κ3) is 3.06. The highest BCUT2D eigenvalue weighted by Crippen LogP contribution is 2.43. The summed E-state index contributed by atoms with van der Waals surface area (Å²) in [5.74, 6) is 2.21. The number of amides is 1. The first-order valence-electron chi connectivity index (χ1n) is 8.76. The molecule has 0 N–H and O–H groups in total. The molecule has 2 fully saturated rings. The minimum atomic E-state index is 0.0728. The Bertz CT molecular complexity index is 732. The van der Waals surface area contributed by atoms with E-state index in [1.807, 2.05) is 41.3 Å². The molecular weight excluding hydrogens is 316 g/mol. The van der Waals surface area contributed by atoms with Crippen molar-refractivity contribution in [1.82, 2.24) is 9.88 Å². The van der Waals surface area contributed by atoms with Crippen molar-refractivity contribution < 1.29 is 14.3 Å². The second-order valence-electron chi connectivity index (χ2n) is 6.73. The zero-order valence-electron chi connectivity index (χ0n) is 14.3. The monoisotopic (exact) mass is 338 g/mol. The molecule has 0 unspecified atom stereocenters. The van der Waals surface area contributed by atoms with Crippen LogP contribution in [-0.2, 0) is 0 Å². The second kappa shape index (κ2) is 6.75. The third-order valence-corrected chi connectivity index (χ3v) is 5.36. The molecule has 0 radical (unpaired) electrons. The predicted octanol–water partition coefficient (Wildman–Crippen LogP) is 3.16. The largest absolute Gasteiger partial charge is 0.497 e. The van der Waals surface area contributed by atoms with Gasteiger partial charge in [0.15, 0.2) is 0 Å². The summed E-state index contributed by atoms with van der Waals surface area (Å²) in [5, 5.41) is 0. The lowest BCUT2D eigenvalue weighted by Crippen LogP contribution is -2.47. The topological polar surface area (TPSA) is 51.7 Å². The Balaban J connectivity index is 1.48. The molecule has 1 amide bonds. The van der Waals surface area contributed by atoms with Gasteiger partial charge in [-0.15, -0.1) is 0 Å². The van der Waals surface area contributed by atoms with Crippen molar-refractivity contribution in [3.8, 4) is 11.5 Å². The number of aromatic nitrogens is 1. The lowest BCUT2D eigenvalue weighted by molar-refractivity contribution is 0.0505. The van der Waals surface area contributed by atoms with E-state index in [-0.39, 0.29) is 11.9 Å². The molecule has 1 aliphatic carbocycles. The van der Waals surface area contributed by atoms with E-state index < -0.39 is 0 Å². The number of carbonyl (C=O) groups is 1. The standard InChI is InChI=1S/C20H22N2O3/c1-24-17-6-8-18(9-7-17)25-13-19-14-4-5-16(11-14)22(19)20(23)15-3-2-10-21-12-15/h2-3,6-10,12,14,16,19H,4-5,11,13H2,1H3/t14-,16+,19+/m0/s1. The Morgan fingerprint density at radius 2 is 2.00 bits per heavy atom. The van der Waals surface area contributed by atoms with Crippen LogP contribution in [0.1, 0.15) is 29.6 Å². The predicted molar refractivity (Wildman–Crippen MR) is 93.8 cm³/mol. The summed E-state index contributed by atoms with van der Waals surface area (Å²) < 4.78 is 11.2. The summed E-state index contributed by atoms with van der Waals surface area (Å²) in [6.07, 6.45) is 6.70. The Hall–Kier alpha value is -2.56. The summed E-state index contributed by atoms with van der Waals surface area (Å²) >= 11 is 0. The van der Waals surface area contributed by atoms with Gasteiger partial charge in [0.05, 0.1) is 18.7 Å². The molecule has 1 aromatic carbocycles. The van der Waals surface area contributed by atoms with Crippen LogP contribution in [0.25, 0.3) is 0 Å². The van der Waals surface area contributed by atoms with Gasteiger partial charge in [-0.3, -0.25) is 9.78 Å². The molecule has 5 nitrogen and oxygen atoms in total. The van der Waals surface area contributed by atoms with Gasteiger partial charge >= 0.3 is 0 Å². The van der Waals surface area contributed by atoms with E-state index in [1.165, 1.54) is 6.42 Å². The molecule has 0 spiro atoms. The van der Waals surface area contributed by atoms with E-state index in [4.69, 9.17) is 9.47 Å². The molecule has 1 saturated carbocycles. The lowest BCUT2D eigenvalue weighted by atomic mass is 9.99. The highest BCUT2D eigenvalue weighted by molar-refractivity contribution is 5.94. The van der Waals surface area contributed by atoms with Gasteiger partial charge in [-0.05, 0) is 61.6 Å². The van der Waals surface area contributed by atoms with E-state index in [1.54, 1.807) is 19.5 Å². The molecular formula is C20H22N2O3. The first-order valence-corrected chi connectivity index (χ1v) is 8.76. The molecule has 130 valence electrons. The van der Waals surface area contributed by atoms with Gasteiger partial charge in [-0.25, -0.2) is 0 Å². The van der Waals surface area contributed by atoms with E-state index in [9.17, 15) is 4.79 Å². The Kier molecular flexibility index (Phi) is 4.30. The molecule has 1 saturated heterocycles. The minimum absolute atomic E-state index is 0.0728. The number of rotatable bonds is 5. The van der Waals surface area contributed by atoms with E-state index in [2.05, 4.69) is 4.98 Å². The van der Waals surface area contributed by atoms with Crippen LogP contribution < -0.4 is 9.47 Å². The summed E-state index contributed by atoms with van der Waals surface area (Å²) in [6, 6.07) is 11.7. The zero-order valence-corrected chi connectivity index (χ0v) is 14.3. The second-order valence-corrected chi connectivity index (χ2v) is 6.73. The van der Waals surface area contributed by atoms with E-state index in [0.717, 1.165) is 24.3 Å². The van der Waals surface area contributed by atoms with Crippen LogP contribution in [0.2, 0.25) is 0 Å². The molecule has 25 heavy (non-hydrogen) atoms. The maximum Gasteiger partial charge on any atom is 0.256 e. The number of pyridine rings is 1. The summed E-state index contributed by atoms with van der Waals surface area (Å²) in [6.45, 7) is 0.527. The van der Waals surface area contributed by atoms with Gasteiger partial charge in [0.1, 0.15) is 18.1 Å². The number of nitrogens with zero attached hydrogens (tertiary/aromatic N) is 2. The van der Waals surface area contributed by atoms with Gasteiger partial charge in [-0.1, -0.05) is 0 Å². The van der Waals surface area contributed by atoms with Crippen molar-refractivity contribution in [3.63, 3.8) is 0 Å². The van der Waals surface area contributed by atoms with Crippen molar-refractivity contribution in [3.05, 3.63) is 54.4 Å². The lowest BCUT2D eigenvalue weighted by Gasteiger charge is -2.35. The van der Waals surface area contributed by atoms with Gasteiger partial charge in [0.2, 0.25) is 0 Å². The van der Waals surface area contributed by atoms with Crippen LogP contribution in [0, 0.1) is 5.92 Å². The molecule has 2 aliphatic rings. The number of carbonyl (C=O) groups excluding carboxylic acids is 1. The van der Waals surface area contributed by atoms with Crippen LogP contribution in [0.5, 0.6) is 11.5 Å². The van der Waals surface area contributed by atoms with E-state index >= 15 is 0 Å². The quantitative estimate of drug-likeness (QED) is 0.840. The minimum Gasteiger partial charge on any atom is -0.497 e. The smallest absolute Gasteiger partial charge is 0.256 e. The SMILES string of the molecule is COc1ccc(OC[C@@H]2[C@H]3CC[C@H](C3)N2C(=O)c2cccnc2)cc1. The molecule has 5 heteroatoms. The molecule has 3 atom stereocenters. The van der Waals surface area contributed by atoms with Crippen LogP contribution in [0.4, 0.5) is 0 Å². The third-order valence-electron chi connectivity index (χ3n) is 5.36. The van der Waals surface area contributed by atoms with Gasteiger partial charge < -0.3 is 14.4 Å². The molecule has 1 aliphatic heterocycles. The van der Waals surface area contributed by atoms with Crippen LogP contribution in [0.3, 0.4) is 0 Å². The number of methoxy groups -OCH3 is 1. The van der Waals surface area contributed by atoms with Crippen LogP contribution in [-0.4, -0.2) is 41.6 Å². The Morgan fingerprint density at radius 3 is 2.72 bits per heavy atom. The average Bonchev–Trinajstić information content (AvgIpc) is 3.28. The van der Waals surface area contributed by atoms with Crippen molar-refractivity contribution in [1.29, 1.82) is 0 Å². The fraction of sp³-hybridized carbons (Fsp3) is 0.400. The number of fused-ring (bicyclic) bond motifs is 2. The highest BCUT2D eigenvalue weighted by Gasteiger charge is 2.48. The number of benzene rings is 1. The molecule has 2 bridgehead atoms. The highest BCUT2D eigenvalue weighted by atomic mass is 16.5. The Morgan fingerprint density at radius 1 is 1.20 bits per heavy atom. The maximum absolute atomic E-state index is 13.0. The average molecular weight is 338 g/mol. The summed E-state index contributed by atoms with van der Waals surface area (Å²) in [5.41, 5.74) is 0.657. The number of hydrogen-bond acceptors (Lipinski definition) is 4. The zero-order chi connectivity index (χ0) is 17.2. The van der Waals surface area contributed by atoms with Gasteiger partial charge in [-0.2, -0.15) is 0 Å². The van der Waals surface area contributed by atoms with Gasteiger partial charge in [0, 0.05) is 18.4 Å². The van der Waals surface area contributed by atoms with Crippen molar-refractivity contribution in [2.45, 2.75) is 31.3 Å². The molecule has 2 aromatic rings. The molecule has 4 rings (SSSR count). The maximum atomic E-state index is 13.0. The van der Waals surface area contributed by atoms with Crippen LogP contribution in [0.15, 0.2) is 48.8 Å². The molecule has 1 aromatic heterocycles. The normalized spacial score (nSPS) is 24.4. The van der Waals surface area contributed by atoms with Gasteiger partial charge in [0.25, 0.3) is 5.91 Å². The van der Waals surface area contributed by atoms with Crippen molar-refractivity contribution in [2.75, 3.05) is 13.7 Å². The summed E-state index contributed by atoms with van der Waals surface area (Å²) in [4.78, 5) is 19.1. The summed E-state index contributed by atoms with van der Waals surface area (Å²) in [7, 11) is 1.65. The number of ether oxygens (including phenoxy) is 2. The number of piperidine rings is 1. The first-order chi connectivity index (χ1) is 12.3. The first kappa shape index (κ1) is 15.9. The van der Waals surface area contributed by atoms with Crippen molar-refractivity contribution in [2.24, 2.45) is 5.92 Å². The Labute approximate surface area is 147 Å².